The fourth-order valence-corrected chi connectivity index (χ4v) is 4.23. The van der Waals surface area contributed by atoms with Crippen molar-refractivity contribution in [3.05, 3.63) is 29.3 Å². The fraction of sp³-hybridized carbons (Fsp3) is 0.650. The summed E-state index contributed by atoms with van der Waals surface area (Å²) in [6, 6.07) is 7.36. The smallest absolute Gasteiger partial charge is 0.238 e. The van der Waals surface area contributed by atoms with Crippen LogP contribution in [0, 0.1) is 6.92 Å². The molecule has 0 radical (unpaired) electrons. The summed E-state index contributed by atoms with van der Waals surface area (Å²) in [5.74, 6) is 0.118. The van der Waals surface area contributed by atoms with Crippen molar-refractivity contribution < 1.29 is 4.79 Å². The van der Waals surface area contributed by atoms with Crippen LogP contribution in [0.1, 0.15) is 44.2 Å². The normalized spacial score (nSPS) is 25.3. The zero-order valence-electron chi connectivity index (χ0n) is 15.3. The van der Waals surface area contributed by atoms with E-state index in [1.807, 2.05) is 0 Å². The number of carbonyl (C=O) groups is 1. The lowest BCUT2D eigenvalue weighted by Gasteiger charge is -2.24. The molecule has 1 aromatic carbocycles. The van der Waals surface area contributed by atoms with E-state index in [1.54, 1.807) is 0 Å². The van der Waals surface area contributed by atoms with Crippen molar-refractivity contribution in [2.75, 3.05) is 31.5 Å². The molecule has 0 spiro atoms. The highest BCUT2D eigenvalue weighted by Gasteiger charge is 2.34. The first-order chi connectivity index (χ1) is 11.6. The minimum Gasteiger partial charge on any atom is -0.324 e. The van der Waals surface area contributed by atoms with Gasteiger partial charge in [0, 0.05) is 24.3 Å². The van der Waals surface area contributed by atoms with E-state index in [4.69, 9.17) is 0 Å². The van der Waals surface area contributed by atoms with E-state index in [1.165, 1.54) is 37.9 Å². The second-order valence-corrected chi connectivity index (χ2v) is 7.42. The van der Waals surface area contributed by atoms with Gasteiger partial charge in [0.1, 0.15) is 0 Å². The summed E-state index contributed by atoms with van der Waals surface area (Å²) in [6.45, 7) is 10.5. The van der Waals surface area contributed by atoms with Gasteiger partial charge in [-0.1, -0.05) is 25.1 Å². The Morgan fingerprint density at radius 1 is 1.29 bits per heavy atom. The maximum absolute atomic E-state index is 12.6. The Labute approximate surface area is 146 Å². The number of anilines is 1. The van der Waals surface area contributed by atoms with Crippen LogP contribution in [0.3, 0.4) is 0 Å². The first-order valence-electron chi connectivity index (χ1n) is 9.45. The SMILES string of the molecule is CCc1cccc(C)c1NC(=O)CN1CC(N2CCCC2)CC1C. The van der Waals surface area contributed by atoms with Gasteiger partial charge in [-0.3, -0.25) is 14.6 Å². The highest BCUT2D eigenvalue weighted by atomic mass is 16.2. The van der Waals surface area contributed by atoms with Gasteiger partial charge in [0.2, 0.25) is 5.91 Å². The molecule has 0 bridgehead atoms. The molecule has 0 aliphatic carbocycles. The van der Waals surface area contributed by atoms with Gasteiger partial charge in [-0.2, -0.15) is 0 Å². The quantitative estimate of drug-likeness (QED) is 0.902. The van der Waals surface area contributed by atoms with Gasteiger partial charge in [-0.15, -0.1) is 0 Å². The van der Waals surface area contributed by atoms with Gasteiger partial charge in [0.05, 0.1) is 6.54 Å². The Balaban J connectivity index is 1.59. The molecule has 2 atom stereocenters. The molecule has 2 unspecified atom stereocenters. The van der Waals surface area contributed by atoms with Gasteiger partial charge < -0.3 is 5.32 Å². The average molecular weight is 329 g/mol. The molecule has 4 nitrogen and oxygen atoms in total. The van der Waals surface area contributed by atoms with E-state index in [2.05, 4.69) is 54.1 Å². The van der Waals surface area contributed by atoms with Crippen LogP contribution in [-0.4, -0.2) is 54.0 Å². The lowest BCUT2D eigenvalue weighted by molar-refractivity contribution is -0.117. The van der Waals surface area contributed by atoms with Crippen molar-refractivity contribution in [2.45, 2.75) is 58.5 Å². The third-order valence-corrected chi connectivity index (χ3v) is 5.69. The van der Waals surface area contributed by atoms with Crippen LogP contribution in [0.5, 0.6) is 0 Å². The van der Waals surface area contributed by atoms with E-state index in [0.29, 0.717) is 18.6 Å². The molecule has 0 aromatic heterocycles. The van der Waals surface area contributed by atoms with Gasteiger partial charge in [0.25, 0.3) is 0 Å². The van der Waals surface area contributed by atoms with Crippen molar-refractivity contribution in [1.82, 2.24) is 9.80 Å². The number of benzene rings is 1. The number of para-hydroxylation sites is 1. The number of amides is 1. The summed E-state index contributed by atoms with van der Waals surface area (Å²) in [7, 11) is 0. The summed E-state index contributed by atoms with van der Waals surface area (Å²) >= 11 is 0. The lowest BCUT2D eigenvalue weighted by atomic mass is 10.1. The molecule has 2 fully saturated rings. The standard InChI is InChI=1S/C20H31N3O/c1-4-17-9-7-8-15(2)20(17)21-19(24)14-23-13-18(12-16(23)3)22-10-5-6-11-22/h7-9,16,18H,4-6,10-14H2,1-3H3,(H,21,24). The number of carbonyl (C=O) groups excluding carboxylic acids is 1. The van der Waals surface area contributed by atoms with Crippen molar-refractivity contribution in [3.8, 4) is 0 Å². The van der Waals surface area contributed by atoms with E-state index in [-0.39, 0.29) is 5.91 Å². The van der Waals surface area contributed by atoms with E-state index >= 15 is 0 Å². The summed E-state index contributed by atoms with van der Waals surface area (Å²) in [4.78, 5) is 17.6. The largest absolute Gasteiger partial charge is 0.324 e. The first kappa shape index (κ1) is 17.4. The third-order valence-electron chi connectivity index (χ3n) is 5.69. The highest BCUT2D eigenvalue weighted by molar-refractivity contribution is 5.93. The van der Waals surface area contributed by atoms with Crippen LogP contribution in [0.2, 0.25) is 0 Å². The molecule has 132 valence electrons. The maximum Gasteiger partial charge on any atom is 0.238 e. The monoisotopic (exact) mass is 329 g/mol. The maximum atomic E-state index is 12.6. The second kappa shape index (κ2) is 7.66. The minimum atomic E-state index is 0.118. The molecule has 2 saturated heterocycles. The molecule has 24 heavy (non-hydrogen) atoms. The zero-order chi connectivity index (χ0) is 17.1. The molecule has 1 aromatic rings. The molecule has 2 heterocycles. The number of likely N-dealkylation sites (tertiary alicyclic amines) is 2. The summed E-state index contributed by atoms with van der Waals surface area (Å²) in [5, 5.41) is 3.17. The second-order valence-electron chi connectivity index (χ2n) is 7.42. The van der Waals surface area contributed by atoms with Crippen LogP contribution < -0.4 is 5.32 Å². The molecule has 0 saturated carbocycles. The summed E-state index contributed by atoms with van der Waals surface area (Å²) in [6.07, 6.45) is 4.79. The molecule has 3 rings (SSSR count). The zero-order valence-corrected chi connectivity index (χ0v) is 15.3. The molecular weight excluding hydrogens is 298 g/mol. The van der Waals surface area contributed by atoms with Crippen molar-refractivity contribution in [2.24, 2.45) is 0 Å². The fourth-order valence-electron chi connectivity index (χ4n) is 4.23. The number of hydrogen-bond donors (Lipinski definition) is 1. The Morgan fingerprint density at radius 2 is 2.04 bits per heavy atom. The molecule has 2 aliphatic rings. The van der Waals surface area contributed by atoms with Crippen molar-refractivity contribution >= 4 is 11.6 Å². The van der Waals surface area contributed by atoms with E-state index in [9.17, 15) is 4.79 Å². The average Bonchev–Trinajstić information content (AvgIpc) is 3.20. The van der Waals surface area contributed by atoms with Crippen LogP contribution in [0.15, 0.2) is 18.2 Å². The van der Waals surface area contributed by atoms with E-state index in [0.717, 1.165) is 24.2 Å². The van der Waals surface area contributed by atoms with Crippen molar-refractivity contribution in [1.29, 1.82) is 0 Å². The Hall–Kier alpha value is -1.39. The number of rotatable bonds is 5. The summed E-state index contributed by atoms with van der Waals surface area (Å²) in [5.41, 5.74) is 3.37. The number of nitrogens with zero attached hydrogens (tertiary/aromatic N) is 2. The molecular formula is C20H31N3O. The van der Waals surface area contributed by atoms with Gasteiger partial charge in [-0.05, 0) is 63.7 Å². The first-order valence-corrected chi connectivity index (χ1v) is 9.45. The topological polar surface area (TPSA) is 35.6 Å². The van der Waals surface area contributed by atoms with Gasteiger partial charge >= 0.3 is 0 Å². The third kappa shape index (κ3) is 3.81. The molecule has 2 aliphatic heterocycles. The van der Waals surface area contributed by atoms with Crippen LogP contribution in [-0.2, 0) is 11.2 Å². The predicted octanol–water partition coefficient (Wildman–Crippen LogP) is 3.05. The van der Waals surface area contributed by atoms with Gasteiger partial charge in [0.15, 0.2) is 0 Å². The van der Waals surface area contributed by atoms with Crippen molar-refractivity contribution in [3.63, 3.8) is 0 Å². The predicted molar refractivity (Wildman–Crippen MR) is 99.4 cm³/mol. The highest BCUT2D eigenvalue weighted by Crippen LogP contribution is 2.25. The number of nitrogens with one attached hydrogen (secondary N) is 1. The van der Waals surface area contributed by atoms with E-state index < -0.39 is 0 Å². The number of aryl methyl sites for hydroxylation is 2. The van der Waals surface area contributed by atoms with Crippen LogP contribution in [0.25, 0.3) is 0 Å². The Bertz CT molecular complexity index is 580. The molecule has 1 N–H and O–H groups in total. The Kier molecular flexibility index (Phi) is 5.57. The summed E-state index contributed by atoms with van der Waals surface area (Å²) < 4.78 is 0. The van der Waals surface area contributed by atoms with Gasteiger partial charge in [-0.25, -0.2) is 0 Å². The van der Waals surface area contributed by atoms with Crippen LogP contribution in [0.4, 0.5) is 5.69 Å². The minimum absolute atomic E-state index is 0.118. The molecule has 1 amide bonds. The lowest BCUT2D eigenvalue weighted by Crippen LogP contribution is -2.38. The Morgan fingerprint density at radius 3 is 2.75 bits per heavy atom. The van der Waals surface area contributed by atoms with Crippen LogP contribution >= 0.6 is 0 Å². The molecule has 4 heteroatoms. The number of hydrogen-bond acceptors (Lipinski definition) is 3.